The molecule has 0 spiro atoms. The second kappa shape index (κ2) is 5.48. The van der Waals surface area contributed by atoms with Crippen molar-refractivity contribution < 1.29 is 14.7 Å². The summed E-state index contributed by atoms with van der Waals surface area (Å²) in [6, 6.07) is -0.159. The molecule has 1 amide bonds. The average Bonchev–Trinajstić information content (AvgIpc) is 2.76. The third kappa shape index (κ3) is 2.80. The predicted octanol–water partition coefficient (Wildman–Crippen LogP) is 0.547. The lowest BCUT2D eigenvalue weighted by Gasteiger charge is -2.39. The van der Waals surface area contributed by atoms with Crippen molar-refractivity contribution in [2.24, 2.45) is 0 Å². The molecule has 0 bridgehead atoms. The number of hydrogen-bond acceptors (Lipinski definition) is 4. The molecule has 102 valence electrons. The number of aliphatic carboxylic acids is 1. The van der Waals surface area contributed by atoms with Gasteiger partial charge in [0.1, 0.15) is 0 Å². The van der Waals surface area contributed by atoms with E-state index < -0.39 is 11.5 Å². The topological polar surface area (TPSA) is 69.6 Å². The van der Waals surface area contributed by atoms with Gasteiger partial charge in [-0.25, -0.2) is 0 Å². The van der Waals surface area contributed by atoms with Crippen LogP contribution in [0.3, 0.4) is 0 Å². The summed E-state index contributed by atoms with van der Waals surface area (Å²) in [4.78, 5) is 25.2. The first-order valence-electron chi connectivity index (χ1n) is 6.38. The van der Waals surface area contributed by atoms with Crippen molar-refractivity contribution in [1.82, 2.24) is 10.2 Å². The minimum Gasteiger partial charge on any atom is -0.481 e. The number of carboxylic acid groups (broad SMARTS) is 1. The first-order valence-corrected chi connectivity index (χ1v) is 7.54. The number of carbonyl (C=O) groups excluding carboxylic acids is 1. The first kappa shape index (κ1) is 13.7. The van der Waals surface area contributed by atoms with Gasteiger partial charge in [-0.1, -0.05) is 0 Å². The van der Waals surface area contributed by atoms with Gasteiger partial charge in [-0.2, -0.15) is 11.8 Å². The van der Waals surface area contributed by atoms with E-state index in [-0.39, 0.29) is 18.4 Å². The van der Waals surface area contributed by atoms with Crippen molar-refractivity contribution in [2.75, 3.05) is 24.6 Å². The molecule has 2 rings (SSSR count). The average molecular weight is 272 g/mol. The lowest BCUT2D eigenvalue weighted by atomic mass is 9.97. The van der Waals surface area contributed by atoms with E-state index in [4.69, 9.17) is 5.11 Å². The Bertz CT molecular complexity index is 342. The fourth-order valence-corrected chi connectivity index (χ4v) is 3.75. The summed E-state index contributed by atoms with van der Waals surface area (Å²) in [5.74, 6) is 0.878. The zero-order chi connectivity index (χ0) is 13.2. The number of amides is 1. The lowest BCUT2D eigenvalue weighted by Crippen LogP contribution is -2.58. The Hall–Kier alpha value is -0.750. The van der Waals surface area contributed by atoms with E-state index in [0.29, 0.717) is 6.54 Å². The largest absolute Gasteiger partial charge is 0.481 e. The van der Waals surface area contributed by atoms with Gasteiger partial charge in [-0.05, 0) is 26.3 Å². The molecule has 2 aliphatic heterocycles. The van der Waals surface area contributed by atoms with Crippen molar-refractivity contribution in [2.45, 2.75) is 37.8 Å². The highest BCUT2D eigenvalue weighted by molar-refractivity contribution is 7.99. The van der Waals surface area contributed by atoms with Crippen LogP contribution in [0.1, 0.15) is 26.2 Å². The van der Waals surface area contributed by atoms with Crippen LogP contribution in [0, 0.1) is 0 Å². The highest BCUT2D eigenvalue weighted by Crippen LogP contribution is 2.26. The second-order valence-corrected chi connectivity index (χ2v) is 6.34. The molecule has 6 heteroatoms. The number of nitrogens with one attached hydrogen (secondary N) is 1. The Balaban J connectivity index is 2.08. The van der Waals surface area contributed by atoms with Gasteiger partial charge in [0, 0.05) is 18.1 Å². The van der Waals surface area contributed by atoms with Gasteiger partial charge in [-0.15, -0.1) is 0 Å². The van der Waals surface area contributed by atoms with Crippen molar-refractivity contribution in [1.29, 1.82) is 0 Å². The smallest absolute Gasteiger partial charge is 0.305 e. The van der Waals surface area contributed by atoms with Crippen LogP contribution in [0.2, 0.25) is 0 Å². The van der Waals surface area contributed by atoms with E-state index >= 15 is 0 Å². The molecule has 0 aromatic carbocycles. The van der Waals surface area contributed by atoms with Crippen LogP contribution in [0.5, 0.6) is 0 Å². The van der Waals surface area contributed by atoms with Crippen LogP contribution in [-0.2, 0) is 9.59 Å². The van der Waals surface area contributed by atoms with Crippen LogP contribution in [-0.4, -0.2) is 58.1 Å². The normalized spacial score (nSPS) is 32.5. The quantitative estimate of drug-likeness (QED) is 0.785. The summed E-state index contributed by atoms with van der Waals surface area (Å²) < 4.78 is 0. The van der Waals surface area contributed by atoms with Crippen LogP contribution in [0.25, 0.3) is 0 Å². The van der Waals surface area contributed by atoms with E-state index in [9.17, 15) is 9.59 Å². The first-order chi connectivity index (χ1) is 8.53. The summed E-state index contributed by atoms with van der Waals surface area (Å²) in [5.41, 5.74) is -0.487. The number of nitrogens with zero attached hydrogens (tertiary/aromatic N) is 1. The van der Waals surface area contributed by atoms with Gasteiger partial charge >= 0.3 is 5.97 Å². The second-order valence-electron chi connectivity index (χ2n) is 5.19. The number of carbonyl (C=O) groups is 2. The van der Waals surface area contributed by atoms with Crippen molar-refractivity contribution in [3.63, 3.8) is 0 Å². The van der Waals surface area contributed by atoms with E-state index in [2.05, 4.69) is 5.32 Å². The molecule has 0 aromatic heterocycles. The molecule has 2 fully saturated rings. The Morgan fingerprint density at radius 1 is 1.56 bits per heavy atom. The molecular formula is C12H20N2O3S. The SMILES string of the molecule is CC1(C(=O)N2CCSCC2CC(=O)O)CCCN1. The zero-order valence-electron chi connectivity index (χ0n) is 10.6. The van der Waals surface area contributed by atoms with E-state index in [1.165, 1.54) is 0 Å². The van der Waals surface area contributed by atoms with E-state index in [1.54, 1.807) is 16.7 Å². The van der Waals surface area contributed by atoms with Crippen molar-refractivity contribution in [3.8, 4) is 0 Å². The van der Waals surface area contributed by atoms with E-state index in [0.717, 1.165) is 30.9 Å². The highest BCUT2D eigenvalue weighted by atomic mass is 32.2. The Kier molecular flexibility index (Phi) is 4.17. The summed E-state index contributed by atoms with van der Waals surface area (Å²) >= 11 is 1.73. The molecule has 0 saturated carbocycles. The molecule has 2 N–H and O–H groups in total. The van der Waals surface area contributed by atoms with Gasteiger partial charge in [0.2, 0.25) is 5.91 Å². The molecule has 0 radical (unpaired) electrons. The van der Waals surface area contributed by atoms with Crippen LogP contribution in [0.15, 0.2) is 0 Å². The van der Waals surface area contributed by atoms with Crippen LogP contribution < -0.4 is 5.32 Å². The van der Waals surface area contributed by atoms with Gasteiger partial charge in [0.15, 0.2) is 0 Å². The van der Waals surface area contributed by atoms with Gasteiger partial charge < -0.3 is 15.3 Å². The summed E-state index contributed by atoms with van der Waals surface area (Å²) in [6.45, 7) is 3.47. The fraction of sp³-hybridized carbons (Fsp3) is 0.833. The Morgan fingerprint density at radius 2 is 2.33 bits per heavy atom. The number of hydrogen-bond donors (Lipinski definition) is 2. The Labute approximate surface area is 111 Å². The molecule has 5 nitrogen and oxygen atoms in total. The van der Waals surface area contributed by atoms with Gasteiger partial charge in [0.25, 0.3) is 0 Å². The number of thioether (sulfide) groups is 1. The third-order valence-electron chi connectivity index (χ3n) is 3.74. The van der Waals surface area contributed by atoms with Gasteiger partial charge in [0.05, 0.1) is 18.0 Å². The van der Waals surface area contributed by atoms with Crippen molar-refractivity contribution >= 4 is 23.6 Å². The third-order valence-corrected chi connectivity index (χ3v) is 4.83. The lowest BCUT2D eigenvalue weighted by molar-refractivity contribution is -0.143. The zero-order valence-corrected chi connectivity index (χ0v) is 11.5. The van der Waals surface area contributed by atoms with Gasteiger partial charge in [-0.3, -0.25) is 9.59 Å². The maximum atomic E-state index is 12.6. The van der Waals surface area contributed by atoms with Crippen LogP contribution >= 0.6 is 11.8 Å². The molecule has 2 aliphatic rings. The fourth-order valence-electron chi connectivity index (χ4n) is 2.69. The minimum absolute atomic E-state index is 0.0504. The van der Waals surface area contributed by atoms with Crippen molar-refractivity contribution in [3.05, 3.63) is 0 Å². The molecule has 2 heterocycles. The molecule has 2 saturated heterocycles. The summed E-state index contributed by atoms with van der Waals surface area (Å²) in [5, 5.41) is 12.2. The maximum Gasteiger partial charge on any atom is 0.305 e. The molecule has 0 aliphatic carbocycles. The monoisotopic (exact) mass is 272 g/mol. The standard InChI is InChI=1S/C12H20N2O3S/c1-12(3-2-4-13-12)11(17)14-5-6-18-8-9(14)7-10(15)16/h9,13H,2-8H2,1H3,(H,15,16). The summed E-state index contributed by atoms with van der Waals surface area (Å²) in [7, 11) is 0. The number of rotatable bonds is 3. The molecular weight excluding hydrogens is 252 g/mol. The predicted molar refractivity (Wildman–Crippen MR) is 70.7 cm³/mol. The maximum absolute atomic E-state index is 12.6. The Morgan fingerprint density at radius 3 is 2.94 bits per heavy atom. The molecule has 2 unspecified atom stereocenters. The number of carboxylic acids is 1. The highest BCUT2D eigenvalue weighted by Gasteiger charge is 2.42. The summed E-state index contributed by atoms with van der Waals surface area (Å²) in [6.07, 6.45) is 1.90. The van der Waals surface area contributed by atoms with E-state index in [1.807, 2.05) is 6.92 Å². The minimum atomic E-state index is -0.829. The molecule has 18 heavy (non-hydrogen) atoms. The molecule has 0 aromatic rings. The molecule has 2 atom stereocenters. The van der Waals surface area contributed by atoms with Crippen LogP contribution in [0.4, 0.5) is 0 Å².